The number of Topliss-reactive ketones (excluding diaryl/α,β-unsaturated/α-hetero) is 1. The number of phenolic OH excluding ortho intramolecular Hbond substituents is 1. The first-order valence-electron chi connectivity index (χ1n) is 6.02. The highest BCUT2D eigenvalue weighted by atomic mass is 32.1. The minimum absolute atomic E-state index is 0.145. The Hall–Kier alpha value is -2.40. The molecule has 0 atom stereocenters. The van der Waals surface area contributed by atoms with Crippen LogP contribution in [0.25, 0.3) is 11.5 Å². The lowest BCUT2D eigenvalue weighted by Gasteiger charge is -1.99. The first-order valence-corrected chi connectivity index (χ1v) is 6.96. The molecule has 0 aliphatic heterocycles. The van der Waals surface area contributed by atoms with Crippen LogP contribution < -0.4 is 0 Å². The number of rotatable bonds is 4. The highest BCUT2D eigenvalue weighted by Gasteiger charge is 2.14. The molecule has 3 aromatic rings. The quantitative estimate of drug-likeness (QED) is 0.745. The molecule has 0 radical (unpaired) electrons. The normalized spacial score (nSPS) is 10.6. The van der Waals surface area contributed by atoms with Crippen LogP contribution in [0.4, 0.5) is 0 Å². The first-order chi connectivity index (χ1) is 9.72. The minimum Gasteiger partial charge on any atom is -0.508 e. The van der Waals surface area contributed by atoms with Gasteiger partial charge in [-0.15, -0.1) is 0 Å². The number of oxazole rings is 1. The van der Waals surface area contributed by atoms with Crippen molar-refractivity contribution < 1.29 is 14.3 Å². The Morgan fingerprint density at radius 2 is 2.25 bits per heavy atom. The van der Waals surface area contributed by atoms with Gasteiger partial charge < -0.3 is 9.52 Å². The van der Waals surface area contributed by atoms with Crippen molar-refractivity contribution in [2.45, 2.75) is 6.42 Å². The largest absolute Gasteiger partial charge is 0.508 e. The molecular formula is C15H11NO3S. The Kier molecular flexibility index (Phi) is 3.35. The Morgan fingerprint density at radius 1 is 1.35 bits per heavy atom. The van der Waals surface area contributed by atoms with Gasteiger partial charge in [-0.25, -0.2) is 4.98 Å². The van der Waals surface area contributed by atoms with E-state index in [1.807, 2.05) is 16.8 Å². The van der Waals surface area contributed by atoms with Crippen LogP contribution in [0.1, 0.15) is 16.1 Å². The maximum Gasteiger partial charge on any atom is 0.227 e. The molecular weight excluding hydrogens is 274 g/mol. The summed E-state index contributed by atoms with van der Waals surface area (Å²) in [4.78, 5) is 16.2. The number of aromatic nitrogens is 1. The summed E-state index contributed by atoms with van der Waals surface area (Å²) in [5.41, 5.74) is 1.61. The van der Waals surface area contributed by atoms with Crippen LogP contribution in [0.5, 0.6) is 5.75 Å². The number of phenols is 1. The van der Waals surface area contributed by atoms with Gasteiger partial charge in [0, 0.05) is 17.4 Å². The zero-order valence-corrected chi connectivity index (χ0v) is 11.3. The summed E-state index contributed by atoms with van der Waals surface area (Å²) in [6, 6.07) is 8.51. The number of hydrogen-bond donors (Lipinski definition) is 1. The van der Waals surface area contributed by atoms with Crippen LogP contribution in [-0.2, 0) is 6.42 Å². The monoisotopic (exact) mass is 285 g/mol. The van der Waals surface area contributed by atoms with Gasteiger partial charge in [0.25, 0.3) is 0 Å². The van der Waals surface area contributed by atoms with Gasteiger partial charge >= 0.3 is 0 Å². The molecule has 0 amide bonds. The molecule has 2 aromatic heterocycles. The van der Waals surface area contributed by atoms with Gasteiger partial charge in [0.15, 0.2) is 5.76 Å². The van der Waals surface area contributed by atoms with Crippen molar-refractivity contribution in [3.63, 3.8) is 0 Å². The lowest BCUT2D eigenvalue weighted by Crippen LogP contribution is -2.01. The summed E-state index contributed by atoms with van der Waals surface area (Å²) in [6.07, 6.45) is 1.62. The number of hydrogen-bond acceptors (Lipinski definition) is 5. The van der Waals surface area contributed by atoms with Gasteiger partial charge in [0.05, 0.1) is 6.20 Å². The van der Waals surface area contributed by atoms with Gasteiger partial charge in [-0.05, 0) is 29.1 Å². The van der Waals surface area contributed by atoms with Crippen molar-refractivity contribution >= 4 is 17.1 Å². The summed E-state index contributed by atoms with van der Waals surface area (Å²) < 4.78 is 5.48. The van der Waals surface area contributed by atoms with Crippen molar-refractivity contribution in [3.05, 3.63) is 58.6 Å². The zero-order chi connectivity index (χ0) is 13.9. The van der Waals surface area contributed by atoms with E-state index >= 15 is 0 Å². The van der Waals surface area contributed by atoms with Gasteiger partial charge in [-0.3, -0.25) is 4.79 Å². The number of ketones is 1. The predicted octanol–water partition coefficient (Wildman–Crippen LogP) is 3.53. The maximum atomic E-state index is 12.1. The van der Waals surface area contributed by atoms with E-state index in [0.29, 0.717) is 5.89 Å². The maximum absolute atomic E-state index is 12.1. The van der Waals surface area contributed by atoms with Crippen LogP contribution in [0.2, 0.25) is 0 Å². The van der Waals surface area contributed by atoms with Crippen LogP contribution in [0.3, 0.4) is 0 Å². The third kappa shape index (κ3) is 2.62. The number of nitrogens with zero attached hydrogens (tertiary/aromatic N) is 1. The Bertz CT molecular complexity index is 731. The molecule has 100 valence electrons. The number of carbonyl (C=O) groups is 1. The Balaban J connectivity index is 1.78. The minimum atomic E-state index is -0.162. The highest BCUT2D eigenvalue weighted by molar-refractivity contribution is 7.08. The van der Waals surface area contributed by atoms with E-state index in [9.17, 15) is 9.90 Å². The van der Waals surface area contributed by atoms with E-state index < -0.39 is 0 Å². The SMILES string of the molecule is O=C(Cc1cccc(O)c1)c1cnc(-c2ccsc2)o1. The van der Waals surface area contributed by atoms with Gasteiger partial charge in [0.2, 0.25) is 11.7 Å². The Labute approximate surface area is 119 Å². The average Bonchev–Trinajstić information content (AvgIpc) is 3.10. The molecule has 5 heteroatoms. The Morgan fingerprint density at radius 3 is 3.00 bits per heavy atom. The number of benzene rings is 1. The standard InChI is InChI=1S/C15H11NO3S/c17-12-3-1-2-10(6-12)7-13(18)14-8-16-15(19-14)11-4-5-20-9-11/h1-6,8-9,17H,7H2. The average molecular weight is 285 g/mol. The van der Waals surface area contributed by atoms with Crippen molar-refractivity contribution in [1.29, 1.82) is 0 Å². The molecule has 0 aliphatic rings. The van der Waals surface area contributed by atoms with Crippen molar-refractivity contribution in [1.82, 2.24) is 4.98 Å². The molecule has 1 N–H and O–H groups in total. The predicted molar refractivity (Wildman–Crippen MR) is 76.0 cm³/mol. The van der Waals surface area contributed by atoms with E-state index in [4.69, 9.17) is 4.42 Å². The van der Waals surface area contributed by atoms with Crippen molar-refractivity contribution in [2.24, 2.45) is 0 Å². The molecule has 4 nitrogen and oxygen atoms in total. The van der Waals surface area contributed by atoms with Gasteiger partial charge in [0.1, 0.15) is 5.75 Å². The molecule has 0 unspecified atom stereocenters. The van der Waals surface area contributed by atoms with Crippen molar-refractivity contribution in [3.8, 4) is 17.2 Å². The fraction of sp³-hybridized carbons (Fsp3) is 0.0667. The summed E-state index contributed by atoms with van der Waals surface area (Å²) in [5.74, 6) is 0.663. The number of carbonyl (C=O) groups excluding carboxylic acids is 1. The molecule has 3 rings (SSSR count). The summed E-state index contributed by atoms with van der Waals surface area (Å²) >= 11 is 1.54. The summed E-state index contributed by atoms with van der Waals surface area (Å²) in [5, 5.41) is 13.2. The number of thiophene rings is 1. The lowest BCUT2D eigenvalue weighted by molar-refractivity contribution is 0.0967. The third-order valence-electron chi connectivity index (χ3n) is 2.82. The number of aromatic hydroxyl groups is 1. The van der Waals surface area contributed by atoms with Crippen molar-refractivity contribution in [2.75, 3.05) is 0 Å². The highest BCUT2D eigenvalue weighted by Crippen LogP contribution is 2.22. The zero-order valence-electron chi connectivity index (χ0n) is 10.4. The summed E-state index contributed by atoms with van der Waals surface area (Å²) in [7, 11) is 0. The second-order valence-corrected chi connectivity index (χ2v) is 5.09. The lowest BCUT2D eigenvalue weighted by atomic mass is 10.1. The van der Waals surface area contributed by atoms with E-state index in [1.54, 1.807) is 35.6 Å². The molecule has 0 fully saturated rings. The smallest absolute Gasteiger partial charge is 0.227 e. The molecule has 0 saturated heterocycles. The van der Waals surface area contributed by atoms with Crippen LogP contribution in [0, 0.1) is 0 Å². The van der Waals surface area contributed by atoms with E-state index in [2.05, 4.69) is 4.98 Å². The molecule has 2 heterocycles. The molecule has 0 bridgehead atoms. The molecule has 1 aromatic carbocycles. The topological polar surface area (TPSA) is 63.3 Å². The van der Waals surface area contributed by atoms with Gasteiger partial charge in [-0.2, -0.15) is 11.3 Å². The van der Waals surface area contributed by atoms with Crippen LogP contribution in [0.15, 0.2) is 51.7 Å². The fourth-order valence-electron chi connectivity index (χ4n) is 1.86. The second-order valence-electron chi connectivity index (χ2n) is 4.31. The second kappa shape index (κ2) is 5.30. The summed E-state index contributed by atoms with van der Waals surface area (Å²) in [6.45, 7) is 0. The van der Waals surface area contributed by atoms with Gasteiger partial charge in [-0.1, -0.05) is 12.1 Å². The fourth-order valence-corrected chi connectivity index (χ4v) is 2.49. The van der Waals surface area contributed by atoms with E-state index in [0.717, 1.165) is 11.1 Å². The van der Waals surface area contributed by atoms with E-state index in [1.165, 1.54) is 6.20 Å². The molecule has 0 spiro atoms. The van der Waals surface area contributed by atoms with E-state index in [-0.39, 0.29) is 23.7 Å². The van der Waals surface area contributed by atoms with Crippen LogP contribution >= 0.6 is 11.3 Å². The first kappa shape index (κ1) is 12.6. The van der Waals surface area contributed by atoms with Crippen LogP contribution in [-0.4, -0.2) is 15.9 Å². The third-order valence-corrected chi connectivity index (χ3v) is 3.51. The molecule has 20 heavy (non-hydrogen) atoms. The molecule has 0 aliphatic carbocycles. The molecule has 0 saturated carbocycles.